The highest BCUT2D eigenvalue weighted by Gasteiger charge is 2.43. The number of nitrogens with one attached hydrogen (secondary N) is 4. The van der Waals surface area contributed by atoms with Crippen LogP contribution in [0.5, 0.6) is 0 Å². The number of nitrogens with zero attached hydrogens (tertiary/aromatic N) is 8. The van der Waals surface area contributed by atoms with Crippen molar-refractivity contribution in [3.63, 3.8) is 0 Å². The lowest BCUT2D eigenvalue weighted by Gasteiger charge is -2.36. The van der Waals surface area contributed by atoms with Crippen molar-refractivity contribution in [2.24, 2.45) is 0 Å². The monoisotopic (exact) mass is 484 g/mol. The quantitative estimate of drug-likeness (QED) is 0.276. The van der Waals surface area contributed by atoms with E-state index in [-0.39, 0.29) is 0 Å². The molecule has 8 rings (SSSR count). The standard InChI is InChI=1S/C25H16N12/c1-3-15(23-19(5-1)28-36-32-23)25(13-7-9-17-21(11-13)30-34-26-17,14-8-10-18-22(12-14)31-35-27-18)16-4-2-6-20-24(16)33-37-29-20/h1-12H,(H,26,30,34)(H,27,31,35)(H,28,32,36)(H,29,33,37). The van der Waals surface area contributed by atoms with E-state index in [4.69, 9.17) is 0 Å². The second kappa shape index (κ2) is 7.24. The summed E-state index contributed by atoms with van der Waals surface area (Å²) in [5.41, 5.74) is 8.81. The maximum Gasteiger partial charge on any atom is 0.117 e. The predicted octanol–water partition coefficient (Wildman–Crippen LogP) is 3.15. The molecule has 12 nitrogen and oxygen atoms in total. The van der Waals surface area contributed by atoms with Crippen LogP contribution < -0.4 is 0 Å². The minimum Gasteiger partial charge on any atom is -0.197 e. The summed E-state index contributed by atoms with van der Waals surface area (Å²) in [6, 6.07) is 24.1. The van der Waals surface area contributed by atoms with E-state index in [0.717, 1.165) is 66.4 Å². The van der Waals surface area contributed by atoms with Gasteiger partial charge in [0.2, 0.25) is 0 Å². The Morgan fingerprint density at radius 3 is 1.35 bits per heavy atom. The molecule has 37 heavy (non-hydrogen) atoms. The molecule has 4 heterocycles. The molecule has 0 fully saturated rings. The number of hydrogen-bond acceptors (Lipinski definition) is 8. The van der Waals surface area contributed by atoms with Gasteiger partial charge in [0, 0.05) is 11.1 Å². The van der Waals surface area contributed by atoms with Crippen molar-refractivity contribution in [1.82, 2.24) is 61.6 Å². The molecule has 0 bridgehead atoms. The zero-order valence-electron chi connectivity index (χ0n) is 19.0. The highest BCUT2D eigenvalue weighted by atomic mass is 15.3. The van der Waals surface area contributed by atoms with Crippen LogP contribution >= 0.6 is 0 Å². The molecule has 0 saturated carbocycles. The van der Waals surface area contributed by atoms with E-state index in [9.17, 15) is 0 Å². The number of rotatable bonds is 4. The Balaban J connectivity index is 1.62. The second-order valence-electron chi connectivity index (χ2n) is 8.80. The lowest BCUT2D eigenvalue weighted by molar-refractivity contribution is 0.755. The van der Waals surface area contributed by atoms with Gasteiger partial charge in [0.05, 0.1) is 5.41 Å². The molecule has 0 spiro atoms. The lowest BCUT2D eigenvalue weighted by atomic mass is 9.64. The van der Waals surface area contributed by atoms with E-state index >= 15 is 0 Å². The largest absolute Gasteiger partial charge is 0.197 e. The predicted molar refractivity (Wildman–Crippen MR) is 135 cm³/mol. The van der Waals surface area contributed by atoms with Gasteiger partial charge in [0.25, 0.3) is 0 Å². The van der Waals surface area contributed by atoms with Gasteiger partial charge in [-0.2, -0.15) is 61.6 Å². The molecule has 12 heteroatoms. The fraction of sp³-hybridized carbons (Fsp3) is 0.0400. The third-order valence-electron chi connectivity index (χ3n) is 7.00. The summed E-state index contributed by atoms with van der Waals surface area (Å²) in [4.78, 5) is 0. The van der Waals surface area contributed by atoms with Crippen LogP contribution in [0.15, 0.2) is 72.8 Å². The Morgan fingerprint density at radius 2 is 0.838 bits per heavy atom. The number of benzene rings is 4. The maximum absolute atomic E-state index is 4.59. The van der Waals surface area contributed by atoms with E-state index in [0.29, 0.717) is 0 Å². The van der Waals surface area contributed by atoms with E-state index in [1.807, 2.05) is 48.5 Å². The SMILES string of the molecule is c1cc(C(c2ccc3n[nH]nc3c2)(c2ccc3n[nH]nc3c2)c2cccc3n[nH]nc23)c2n[nH]nc2c1. The van der Waals surface area contributed by atoms with Gasteiger partial charge in [0.1, 0.15) is 44.1 Å². The normalized spacial score (nSPS) is 12.3. The molecule has 0 aliphatic rings. The van der Waals surface area contributed by atoms with Crippen molar-refractivity contribution in [1.29, 1.82) is 0 Å². The van der Waals surface area contributed by atoms with Crippen LogP contribution in [-0.4, -0.2) is 61.6 Å². The molecule has 4 N–H and O–H groups in total. The summed E-state index contributed by atoms with van der Waals surface area (Å²) in [6.07, 6.45) is 0. The molecule has 176 valence electrons. The number of H-pyrrole nitrogens is 4. The highest BCUT2D eigenvalue weighted by molar-refractivity contribution is 5.89. The Labute approximate surface area is 206 Å². The minimum absolute atomic E-state index is 0.739. The minimum atomic E-state index is -0.910. The van der Waals surface area contributed by atoms with E-state index < -0.39 is 5.41 Å². The van der Waals surface area contributed by atoms with Gasteiger partial charge < -0.3 is 0 Å². The molecule has 8 aromatic rings. The molecule has 0 unspecified atom stereocenters. The Morgan fingerprint density at radius 1 is 0.405 bits per heavy atom. The van der Waals surface area contributed by atoms with Gasteiger partial charge in [0.15, 0.2) is 0 Å². The molecule has 4 aromatic carbocycles. The number of fused-ring (bicyclic) bond motifs is 4. The van der Waals surface area contributed by atoms with Crippen molar-refractivity contribution in [2.45, 2.75) is 5.41 Å². The van der Waals surface area contributed by atoms with Crippen molar-refractivity contribution in [2.75, 3.05) is 0 Å². The molecule has 4 aromatic heterocycles. The van der Waals surface area contributed by atoms with Crippen LogP contribution in [0.2, 0.25) is 0 Å². The van der Waals surface area contributed by atoms with Gasteiger partial charge >= 0.3 is 0 Å². The van der Waals surface area contributed by atoms with E-state index in [1.165, 1.54) is 0 Å². The van der Waals surface area contributed by atoms with Crippen LogP contribution in [0, 0.1) is 0 Å². The Hall–Kier alpha value is -5.52. The van der Waals surface area contributed by atoms with Gasteiger partial charge in [-0.25, -0.2) is 0 Å². The molecule has 0 saturated heterocycles. The maximum atomic E-state index is 4.59. The fourth-order valence-electron chi connectivity index (χ4n) is 5.42. The van der Waals surface area contributed by atoms with Crippen LogP contribution in [0.1, 0.15) is 22.3 Å². The summed E-state index contributed by atoms with van der Waals surface area (Å²) >= 11 is 0. The lowest BCUT2D eigenvalue weighted by Crippen LogP contribution is -2.32. The van der Waals surface area contributed by atoms with Crippen LogP contribution in [-0.2, 0) is 5.41 Å². The molecule has 0 aliphatic carbocycles. The first-order chi connectivity index (χ1) is 18.3. The first-order valence-electron chi connectivity index (χ1n) is 11.5. The average molecular weight is 484 g/mol. The van der Waals surface area contributed by atoms with Crippen molar-refractivity contribution in [3.8, 4) is 0 Å². The molecular weight excluding hydrogens is 468 g/mol. The fourth-order valence-corrected chi connectivity index (χ4v) is 5.42. The number of hydrogen-bond donors (Lipinski definition) is 4. The van der Waals surface area contributed by atoms with Crippen LogP contribution in [0.25, 0.3) is 44.1 Å². The molecule has 0 radical (unpaired) electrons. The summed E-state index contributed by atoms with van der Waals surface area (Å²) in [5, 5.41) is 46.3. The Kier molecular flexibility index (Phi) is 3.87. The molecule has 0 atom stereocenters. The summed E-state index contributed by atoms with van der Waals surface area (Å²) in [6.45, 7) is 0. The van der Waals surface area contributed by atoms with Gasteiger partial charge in [-0.3, -0.25) is 0 Å². The smallest absolute Gasteiger partial charge is 0.117 e. The highest BCUT2D eigenvalue weighted by Crippen LogP contribution is 2.49. The molecule has 0 aliphatic heterocycles. The summed E-state index contributed by atoms with van der Waals surface area (Å²) < 4.78 is 0. The van der Waals surface area contributed by atoms with Crippen LogP contribution in [0.3, 0.4) is 0 Å². The van der Waals surface area contributed by atoms with E-state index in [2.05, 4.69) is 85.9 Å². The molecular formula is C25H16N12. The van der Waals surface area contributed by atoms with E-state index in [1.54, 1.807) is 0 Å². The number of aromatic amines is 4. The zero-order chi connectivity index (χ0) is 24.4. The first kappa shape index (κ1) is 19.8. The van der Waals surface area contributed by atoms with Gasteiger partial charge in [-0.1, -0.05) is 36.4 Å². The van der Waals surface area contributed by atoms with Gasteiger partial charge in [-0.15, -0.1) is 0 Å². The number of aromatic nitrogens is 12. The van der Waals surface area contributed by atoms with Crippen LogP contribution in [0.4, 0.5) is 0 Å². The second-order valence-corrected chi connectivity index (χ2v) is 8.80. The topological polar surface area (TPSA) is 166 Å². The number of para-hydroxylation sites is 2. The molecule has 0 amide bonds. The first-order valence-corrected chi connectivity index (χ1v) is 11.5. The Bertz CT molecular complexity index is 1930. The van der Waals surface area contributed by atoms with Crippen molar-refractivity contribution in [3.05, 3.63) is 95.1 Å². The summed E-state index contributed by atoms with van der Waals surface area (Å²) in [5.74, 6) is 0. The summed E-state index contributed by atoms with van der Waals surface area (Å²) in [7, 11) is 0. The zero-order valence-corrected chi connectivity index (χ0v) is 19.0. The average Bonchev–Trinajstić information content (AvgIpc) is 3.74. The third-order valence-corrected chi connectivity index (χ3v) is 7.00. The van der Waals surface area contributed by atoms with Gasteiger partial charge in [-0.05, 0) is 47.5 Å². The van der Waals surface area contributed by atoms with Crippen molar-refractivity contribution < 1.29 is 0 Å². The third kappa shape index (κ3) is 2.66. The van der Waals surface area contributed by atoms with Crippen molar-refractivity contribution >= 4 is 44.1 Å².